The highest BCUT2D eigenvalue weighted by Gasteiger charge is 2.12. The van der Waals surface area contributed by atoms with Crippen LogP contribution in [0, 0.1) is 0 Å². The minimum Gasteiger partial charge on any atom is -0.496 e. The van der Waals surface area contributed by atoms with Crippen LogP contribution in [0.3, 0.4) is 0 Å². The number of carbonyl (C=O) groups is 2. The maximum atomic E-state index is 12.3. The smallest absolute Gasteiger partial charge is 0.273 e. The summed E-state index contributed by atoms with van der Waals surface area (Å²) in [7, 11) is 1.48. The Balaban J connectivity index is 1.56. The van der Waals surface area contributed by atoms with Gasteiger partial charge in [0.05, 0.1) is 19.1 Å². The summed E-state index contributed by atoms with van der Waals surface area (Å²) in [6.45, 7) is 0. The zero-order chi connectivity index (χ0) is 19.9. The van der Waals surface area contributed by atoms with E-state index in [1.807, 2.05) is 42.5 Å². The average molecular weight is 393 g/mol. The maximum Gasteiger partial charge on any atom is 0.273 e. The van der Waals surface area contributed by atoms with Crippen LogP contribution in [0.15, 0.2) is 66.7 Å². The van der Waals surface area contributed by atoms with E-state index in [0.29, 0.717) is 11.3 Å². The van der Waals surface area contributed by atoms with Gasteiger partial charge in [0.1, 0.15) is 5.75 Å². The van der Waals surface area contributed by atoms with Crippen molar-refractivity contribution >= 4 is 39.9 Å². The number of amides is 2. The molecule has 3 N–H and O–H groups in total. The predicted molar refractivity (Wildman–Crippen MR) is 112 cm³/mol. The average Bonchev–Trinajstić information content (AvgIpc) is 2.72. The summed E-state index contributed by atoms with van der Waals surface area (Å²) in [5.41, 5.74) is 6.23. The number of rotatable bonds is 4. The fourth-order valence-corrected chi connectivity index (χ4v) is 3.00. The van der Waals surface area contributed by atoms with Crippen LogP contribution < -0.4 is 20.9 Å². The molecule has 7 heteroatoms. The van der Waals surface area contributed by atoms with Crippen LogP contribution in [0.2, 0.25) is 0 Å². The number of methoxy groups -OCH3 is 1. The highest BCUT2D eigenvalue weighted by atomic mass is 32.1. The van der Waals surface area contributed by atoms with Gasteiger partial charge in [-0.05, 0) is 40.7 Å². The Morgan fingerprint density at radius 3 is 2.46 bits per heavy atom. The van der Waals surface area contributed by atoms with Crippen LogP contribution in [-0.2, 0) is 11.2 Å². The summed E-state index contributed by atoms with van der Waals surface area (Å²) < 4.78 is 5.15. The molecule has 0 radical (unpaired) electrons. The summed E-state index contributed by atoms with van der Waals surface area (Å²) in [6, 6.07) is 20.5. The lowest BCUT2D eigenvalue weighted by Crippen LogP contribution is -2.48. The first-order chi connectivity index (χ1) is 13.6. The van der Waals surface area contributed by atoms with E-state index in [-0.39, 0.29) is 17.4 Å². The molecule has 0 aromatic heterocycles. The molecule has 0 heterocycles. The number of ether oxygens (including phenoxy) is 1. The summed E-state index contributed by atoms with van der Waals surface area (Å²) >= 11 is 5.08. The molecule has 0 spiro atoms. The monoisotopic (exact) mass is 393 g/mol. The molecule has 0 saturated heterocycles. The van der Waals surface area contributed by atoms with Gasteiger partial charge in [-0.25, -0.2) is 0 Å². The number of hydrogen-bond donors (Lipinski definition) is 3. The normalized spacial score (nSPS) is 10.2. The van der Waals surface area contributed by atoms with Gasteiger partial charge in [0.15, 0.2) is 5.11 Å². The molecule has 0 atom stereocenters. The fourth-order valence-electron chi connectivity index (χ4n) is 2.83. The van der Waals surface area contributed by atoms with Crippen molar-refractivity contribution in [3.63, 3.8) is 0 Å². The molecule has 0 aliphatic heterocycles. The van der Waals surface area contributed by atoms with E-state index in [9.17, 15) is 9.59 Å². The number of thiocarbonyl (C=S) groups is 1. The van der Waals surface area contributed by atoms with Crippen LogP contribution in [0.25, 0.3) is 10.8 Å². The van der Waals surface area contributed by atoms with Gasteiger partial charge in [-0.2, -0.15) is 0 Å². The molecule has 3 rings (SSSR count). The number of fused-ring (bicyclic) bond motifs is 1. The Morgan fingerprint density at radius 1 is 0.929 bits per heavy atom. The lowest BCUT2D eigenvalue weighted by molar-refractivity contribution is -0.119. The highest BCUT2D eigenvalue weighted by molar-refractivity contribution is 7.80. The number of para-hydroxylation sites is 1. The quantitative estimate of drug-likeness (QED) is 0.469. The molecule has 2 amide bonds. The third-order valence-corrected chi connectivity index (χ3v) is 4.33. The summed E-state index contributed by atoms with van der Waals surface area (Å²) in [5.74, 6) is -0.267. The van der Waals surface area contributed by atoms with Crippen LogP contribution in [0.1, 0.15) is 15.9 Å². The van der Waals surface area contributed by atoms with Crippen LogP contribution >= 0.6 is 12.2 Å². The number of hydrazine groups is 1. The van der Waals surface area contributed by atoms with Crippen molar-refractivity contribution in [3.05, 3.63) is 77.9 Å². The molecular formula is C21H19N3O3S. The topological polar surface area (TPSA) is 79.5 Å². The van der Waals surface area contributed by atoms with E-state index in [0.717, 1.165) is 16.3 Å². The molecule has 0 bridgehead atoms. The van der Waals surface area contributed by atoms with E-state index in [1.54, 1.807) is 24.3 Å². The Kier molecular flexibility index (Phi) is 6.18. The van der Waals surface area contributed by atoms with Gasteiger partial charge >= 0.3 is 0 Å². The van der Waals surface area contributed by atoms with Gasteiger partial charge in [-0.15, -0.1) is 0 Å². The Labute approximate surface area is 167 Å². The Morgan fingerprint density at radius 2 is 1.64 bits per heavy atom. The highest BCUT2D eigenvalue weighted by Crippen LogP contribution is 2.19. The molecule has 3 aromatic carbocycles. The standard InChI is InChI=1S/C21H19N3O3S/c1-27-18-12-5-4-11-17(18)20(26)23-24-21(28)22-19(25)13-15-9-6-8-14-7-2-3-10-16(14)15/h2-12H,13H2,1H3,(H,23,26)(H2,22,24,25,28). The van der Waals surface area contributed by atoms with Crippen molar-refractivity contribution in [1.82, 2.24) is 16.2 Å². The van der Waals surface area contributed by atoms with Gasteiger partial charge in [-0.3, -0.25) is 20.4 Å². The van der Waals surface area contributed by atoms with E-state index < -0.39 is 5.91 Å². The predicted octanol–water partition coefficient (Wildman–Crippen LogP) is 2.73. The van der Waals surface area contributed by atoms with Crippen molar-refractivity contribution in [2.75, 3.05) is 7.11 Å². The zero-order valence-electron chi connectivity index (χ0n) is 15.2. The second-order valence-corrected chi connectivity index (χ2v) is 6.38. The number of hydrogen-bond acceptors (Lipinski definition) is 4. The van der Waals surface area contributed by atoms with Crippen molar-refractivity contribution in [1.29, 1.82) is 0 Å². The first-order valence-electron chi connectivity index (χ1n) is 8.58. The van der Waals surface area contributed by atoms with Gasteiger partial charge < -0.3 is 10.1 Å². The fraction of sp³-hybridized carbons (Fsp3) is 0.0952. The van der Waals surface area contributed by atoms with E-state index in [2.05, 4.69) is 16.2 Å². The third kappa shape index (κ3) is 4.63. The molecule has 0 fully saturated rings. The van der Waals surface area contributed by atoms with Crippen molar-refractivity contribution in [2.45, 2.75) is 6.42 Å². The second-order valence-electron chi connectivity index (χ2n) is 5.97. The first kappa shape index (κ1) is 19.3. The molecule has 0 saturated carbocycles. The summed E-state index contributed by atoms with van der Waals surface area (Å²) in [4.78, 5) is 24.5. The number of benzene rings is 3. The second kappa shape index (κ2) is 8.96. The SMILES string of the molecule is COc1ccccc1C(=O)NNC(=S)NC(=O)Cc1cccc2ccccc12. The van der Waals surface area contributed by atoms with Crippen LogP contribution in [0.4, 0.5) is 0 Å². The Bertz CT molecular complexity index is 1030. The molecule has 3 aromatic rings. The van der Waals surface area contributed by atoms with Crippen molar-refractivity contribution < 1.29 is 14.3 Å². The van der Waals surface area contributed by atoms with E-state index in [4.69, 9.17) is 17.0 Å². The minimum atomic E-state index is -0.428. The lowest BCUT2D eigenvalue weighted by atomic mass is 10.0. The van der Waals surface area contributed by atoms with Crippen LogP contribution in [-0.4, -0.2) is 24.0 Å². The largest absolute Gasteiger partial charge is 0.496 e. The van der Waals surface area contributed by atoms with Gasteiger partial charge in [0.2, 0.25) is 5.91 Å². The van der Waals surface area contributed by atoms with Crippen molar-refractivity contribution in [3.8, 4) is 5.75 Å². The molecule has 0 unspecified atom stereocenters. The maximum absolute atomic E-state index is 12.3. The number of carbonyl (C=O) groups excluding carboxylic acids is 2. The Hall–Kier alpha value is -3.45. The lowest BCUT2D eigenvalue weighted by Gasteiger charge is -2.13. The van der Waals surface area contributed by atoms with Gasteiger partial charge in [0.25, 0.3) is 5.91 Å². The zero-order valence-corrected chi connectivity index (χ0v) is 16.0. The molecule has 6 nitrogen and oxygen atoms in total. The van der Waals surface area contributed by atoms with Crippen molar-refractivity contribution in [2.24, 2.45) is 0 Å². The first-order valence-corrected chi connectivity index (χ1v) is 8.99. The summed E-state index contributed by atoms with van der Waals surface area (Å²) in [6.07, 6.45) is 0.170. The van der Waals surface area contributed by atoms with E-state index in [1.165, 1.54) is 7.11 Å². The molecular weight excluding hydrogens is 374 g/mol. The number of nitrogens with one attached hydrogen (secondary N) is 3. The molecule has 142 valence electrons. The third-order valence-electron chi connectivity index (χ3n) is 4.13. The molecule has 0 aliphatic carbocycles. The van der Waals surface area contributed by atoms with E-state index >= 15 is 0 Å². The van der Waals surface area contributed by atoms with Gasteiger partial charge in [0, 0.05) is 0 Å². The molecule has 28 heavy (non-hydrogen) atoms. The molecule has 0 aliphatic rings. The summed E-state index contributed by atoms with van der Waals surface area (Å²) in [5, 5.41) is 4.66. The minimum absolute atomic E-state index is 0.00786. The van der Waals surface area contributed by atoms with Gasteiger partial charge in [-0.1, -0.05) is 54.6 Å². The van der Waals surface area contributed by atoms with Crippen LogP contribution in [0.5, 0.6) is 5.75 Å².